The first kappa shape index (κ1) is 67.4. The molecule has 4 aromatic rings. The number of carbonyl (C=O) groups excluding carboxylic acids is 2. The number of ketones is 1. The molecule has 24 heteroatoms. The number of halogens is 4. The highest BCUT2D eigenvalue weighted by Gasteiger charge is 2.31. The molecule has 0 radical (unpaired) electrons. The normalized spacial score (nSPS) is 16.5. The van der Waals surface area contributed by atoms with Crippen LogP contribution in [0.15, 0.2) is 82.6 Å². The molecule has 0 fully saturated rings. The highest BCUT2D eigenvalue weighted by atomic mass is 35.5. The molecule has 4 unspecified atom stereocenters. The lowest BCUT2D eigenvalue weighted by atomic mass is 9.85. The molecule has 2 aliphatic heterocycles. The SMILES string of the molecule is CCCOCCCC(=O)C(O)C(O)C(=O)NCCOCCOCCOCCNS(=O)(=O)c1cccc(C2CN(C)Cc3c(Cl)cc(Cl)cc32)c1.COCCOCCCS(=O)(=O)c1cccc(C2CN(C)Cc3c(Cl)cc(Cl)cc32)c1. The fourth-order valence-corrected chi connectivity index (χ4v) is 12.6. The zero-order valence-corrected chi connectivity index (χ0v) is 50.5. The highest BCUT2D eigenvalue weighted by molar-refractivity contribution is 7.91. The Labute approximate surface area is 491 Å². The monoisotopic (exact) mass is 1230 g/mol. The van der Waals surface area contributed by atoms with Crippen LogP contribution in [-0.4, -0.2) is 187 Å². The zero-order valence-electron chi connectivity index (χ0n) is 45.8. The summed E-state index contributed by atoms with van der Waals surface area (Å²) in [5.41, 5.74) is 5.88. The van der Waals surface area contributed by atoms with Gasteiger partial charge < -0.3 is 53.8 Å². The number of rotatable bonds is 33. The number of aliphatic hydroxyl groups is 2. The van der Waals surface area contributed by atoms with Crippen molar-refractivity contribution in [3.63, 3.8) is 0 Å². The van der Waals surface area contributed by atoms with Gasteiger partial charge in [0.1, 0.15) is 6.10 Å². The second kappa shape index (κ2) is 34.4. The average Bonchev–Trinajstić information content (AvgIpc) is 3.43. The van der Waals surface area contributed by atoms with Crippen LogP contribution in [0.4, 0.5) is 0 Å². The minimum atomic E-state index is -3.78. The van der Waals surface area contributed by atoms with E-state index in [9.17, 15) is 36.6 Å². The van der Waals surface area contributed by atoms with Crippen molar-refractivity contribution >= 4 is 78.0 Å². The predicted octanol–water partition coefficient (Wildman–Crippen LogP) is 6.91. The van der Waals surface area contributed by atoms with Gasteiger partial charge in [0.25, 0.3) is 5.91 Å². The van der Waals surface area contributed by atoms with Crippen molar-refractivity contribution in [2.45, 2.75) is 79.5 Å². The van der Waals surface area contributed by atoms with Crippen molar-refractivity contribution in [1.29, 1.82) is 0 Å². The molecular formula is C56H76Cl4N4O14S2. The van der Waals surface area contributed by atoms with Gasteiger partial charge >= 0.3 is 0 Å². The number of methoxy groups -OCH3 is 1. The summed E-state index contributed by atoms with van der Waals surface area (Å²) in [6.45, 7) is 8.59. The quantitative estimate of drug-likeness (QED) is 0.0355. The van der Waals surface area contributed by atoms with E-state index >= 15 is 0 Å². The Morgan fingerprint density at radius 2 is 1.11 bits per heavy atom. The average molecular weight is 1240 g/mol. The first-order valence-corrected chi connectivity index (χ1v) is 31.2. The Bertz CT molecular complexity index is 2840. The van der Waals surface area contributed by atoms with Gasteiger partial charge in [0, 0.05) is 105 Å². The van der Waals surface area contributed by atoms with Crippen molar-refractivity contribution < 1.29 is 65.1 Å². The minimum Gasteiger partial charge on any atom is -0.382 e. The number of benzene rings is 4. The predicted molar refractivity (Wildman–Crippen MR) is 310 cm³/mol. The topological polar surface area (TPSA) is 229 Å². The van der Waals surface area contributed by atoms with Crippen LogP contribution in [0.25, 0.3) is 0 Å². The lowest BCUT2D eigenvalue weighted by Crippen LogP contribution is -2.46. The lowest BCUT2D eigenvalue weighted by molar-refractivity contribution is -0.145. The molecule has 1 amide bonds. The maximum atomic E-state index is 13.0. The maximum absolute atomic E-state index is 13.0. The molecule has 18 nitrogen and oxygen atoms in total. The Morgan fingerprint density at radius 3 is 1.68 bits per heavy atom. The van der Waals surface area contributed by atoms with Crippen LogP contribution >= 0.6 is 46.4 Å². The molecule has 4 N–H and O–H groups in total. The number of nitrogens with one attached hydrogen (secondary N) is 2. The fourth-order valence-electron chi connectivity index (χ4n) is 9.08. The van der Waals surface area contributed by atoms with Crippen LogP contribution in [0.5, 0.6) is 0 Å². The Balaban J connectivity index is 0.000000332. The van der Waals surface area contributed by atoms with E-state index < -0.39 is 43.8 Å². The first-order chi connectivity index (χ1) is 38.3. The van der Waals surface area contributed by atoms with Crippen LogP contribution in [0, 0.1) is 0 Å². The summed E-state index contributed by atoms with van der Waals surface area (Å²) in [5.74, 6) is -1.53. The van der Waals surface area contributed by atoms with Crippen LogP contribution in [-0.2, 0) is 71.0 Å². The van der Waals surface area contributed by atoms with Crippen molar-refractivity contribution in [3.8, 4) is 0 Å². The number of ether oxygens (including phenoxy) is 6. The number of sulfone groups is 1. The van der Waals surface area contributed by atoms with Gasteiger partial charge in [0.05, 0.1) is 68.4 Å². The largest absolute Gasteiger partial charge is 0.382 e. The molecule has 0 saturated carbocycles. The number of nitrogens with zero attached hydrogens (tertiary/aromatic N) is 2. The van der Waals surface area contributed by atoms with Crippen LogP contribution in [0.3, 0.4) is 0 Å². The number of Topliss-reactive ketones (excluding diaryl/α,β-unsaturated/α-hetero) is 1. The van der Waals surface area contributed by atoms with E-state index in [2.05, 4.69) is 19.8 Å². The molecular weight excluding hydrogens is 1160 g/mol. The summed E-state index contributed by atoms with van der Waals surface area (Å²) in [7, 11) is -1.55. The number of hydrogen-bond donors (Lipinski definition) is 4. The third kappa shape index (κ3) is 21.4. The van der Waals surface area contributed by atoms with Gasteiger partial charge in [-0.2, -0.15) is 0 Å². The maximum Gasteiger partial charge on any atom is 0.252 e. The molecule has 0 aromatic heterocycles. The number of aliphatic hydroxyl groups excluding tert-OH is 2. The summed E-state index contributed by atoms with van der Waals surface area (Å²) in [5, 5.41) is 24.7. The number of sulfonamides is 1. The van der Waals surface area contributed by atoms with Gasteiger partial charge in [-0.15, -0.1) is 0 Å². The van der Waals surface area contributed by atoms with E-state index in [4.69, 9.17) is 74.8 Å². The molecule has 0 saturated heterocycles. The summed E-state index contributed by atoms with van der Waals surface area (Å²) < 4.78 is 86.2. The number of amides is 1. The highest BCUT2D eigenvalue weighted by Crippen LogP contribution is 2.40. The minimum absolute atomic E-state index is 0.000111. The van der Waals surface area contributed by atoms with Gasteiger partial charge in [-0.1, -0.05) is 77.6 Å². The molecule has 444 valence electrons. The Hall–Kier alpha value is -3.36. The Morgan fingerprint density at radius 1 is 0.625 bits per heavy atom. The van der Waals surface area contributed by atoms with Gasteiger partial charge in [-0.25, -0.2) is 21.6 Å². The van der Waals surface area contributed by atoms with Gasteiger partial charge in [0.15, 0.2) is 21.7 Å². The first-order valence-electron chi connectivity index (χ1n) is 26.6. The fraction of sp³-hybridized carbons (Fsp3) is 0.536. The molecule has 2 heterocycles. The molecule has 4 atom stereocenters. The molecule has 80 heavy (non-hydrogen) atoms. The van der Waals surface area contributed by atoms with E-state index in [-0.39, 0.29) is 81.6 Å². The second-order valence-corrected chi connectivity index (χ2v) is 25.0. The smallest absolute Gasteiger partial charge is 0.252 e. The van der Waals surface area contributed by atoms with Crippen molar-refractivity contribution in [1.82, 2.24) is 19.8 Å². The number of carbonyl (C=O) groups is 2. The summed E-state index contributed by atoms with van der Waals surface area (Å²) >= 11 is 25.5. The van der Waals surface area contributed by atoms with Gasteiger partial charge in [-0.3, -0.25) is 9.59 Å². The van der Waals surface area contributed by atoms with Crippen molar-refractivity contribution in [2.75, 3.05) is 126 Å². The summed E-state index contributed by atoms with van der Waals surface area (Å²) in [6.07, 6.45) is -1.97. The van der Waals surface area contributed by atoms with E-state index in [0.717, 1.165) is 52.9 Å². The Kier molecular flexibility index (Phi) is 29.0. The van der Waals surface area contributed by atoms with Gasteiger partial charge in [0.2, 0.25) is 10.0 Å². The molecule has 4 aromatic carbocycles. The molecule has 0 spiro atoms. The molecule has 0 aliphatic carbocycles. The zero-order chi connectivity index (χ0) is 58.2. The second-order valence-electron chi connectivity index (χ2n) is 19.4. The molecule has 2 aliphatic rings. The summed E-state index contributed by atoms with van der Waals surface area (Å²) in [6, 6.07) is 21.4. The van der Waals surface area contributed by atoms with Crippen molar-refractivity contribution in [3.05, 3.63) is 126 Å². The van der Waals surface area contributed by atoms with Crippen LogP contribution < -0.4 is 10.0 Å². The number of likely N-dealkylation sites (N-methyl/N-ethyl adjacent to an activating group) is 2. The number of fused-ring (bicyclic) bond motifs is 2. The lowest BCUT2D eigenvalue weighted by Gasteiger charge is -2.33. The van der Waals surface area contributed by atoms with Crippen molar-refractivity contribution in [2.24, 2.45) is 0 Å². The number of hydrogen-bond acceptors (Lipinski definition) is 16. The molecule has 6 rings (SSSR count). The molecule has 0 bridgehead atoms. The third-order valence-corrected chi connectivity index (χ3v) is 17.5. The summed E-state index contributed by atoms with van der Waals surface area (Å²) in [4.78, 5) is 28.8. The van der Waals surface area contributed by atoms with E-state index in [0.29, 0.717) is 84.0 Å². The van der Waals surface area contributed by atoms with E-state index in [1.807, 2.05) is 45.3 Å². The van der Waals surface area contributed by atoms with Gasteiger partial charge in [-0.05, 0) is 115 Å². The van der Waals surface area contributed by atoms with Crippen LogP contribution in [0.1, 0.15) is 77.8 Å². The van der Waals surface area contributed by atoms with E-state index in [1.54, 1.807) is 55.6 Å². The van der Waals surface area contributed by atoms with Crippen LogP contribution in [0.2, 0.25) is 20.1 Å². The van der Waals surface area contributed by atoms with E-state index in [1.165, 1.54) is 0 Å². The third-order valence-electron chi connectivity index (χ3n) is 13.1. The standard InChI is InChI=1S/C34H49Cl2N3O10S.C22H27Cl2NO4S/c1-3-11-46-12-5-8-31(40)32(41)33(42)34(43)37-9-13-47-15-17-49-18-16-48-14-10-38-50(44,45)26-7-4-6-24(19-26)28-22-39(2)23-29-27(28)20-25(35)21-30(29)36;1-25-14-20(19-12-17(23)13-22(24)21(19)15-25)16-5-3-6-18(11-16)30(26,27)10-4-7-29-9-8-28-2/h4,6-7,19-21,28,32-33,38,41-42H,3,5,8-18,22-23H2,1-2H3,(H,37,43);3,5-6,11-13,20H,4,7-10,14-15H2,1-2H3.